The van der Waals surface area contributed by atoms with Gasteiger partial charge in [-0.05, 0) is 31.2 Å². The number of nitrogens with zero attached hydrogens (tertiary/aromatic N) is 6. The van der Waals surface area contributed by atoms with Crippen LogP contribution in [0.3, 0.4) is 0 Å². The fraction of sp³-hybridized carbons (Fsp3) is 0.500. The summed E-state index contributed by atoms with van der Waals surface area (Å²) in [6.07, 6.45) is 10.7. The minimum Gasteiger partial charge on any atom is -0.347 e. The molecule has 130 valence electrons. The minimum atomic E-state index is -0.0564. The van der Waals surface area contributed by atoms with Crippen molar-refractivity contribution in [3.05, 3.63) is 41.7 Å². The van der Waals surface area contributed by atoms with Crippen LogP contribution in [0.15, 0.2) is 24.8 Å². The van der Waals surface area contributed by atoms with Crippen molar-refractivity contribution in [3.8, 4) is 0 Å². The number of hydrogen-bond acceptors (Lipinski definition) is 6. The summed E-state index contributed by atoms with van der Waals surface area (Å²) < 4.78 is 0. The van der Waals surface area contributed by atoms with Gasteiger partial charge in [-0.3, -0.25) is 9.78 Å². The van der Waals surface area contributed by atoms with E-state index in [9.17, 15) is 4.79 Å². The van der Waals surface area contributed by atoms with Gasteiger partial charge in [-0.2, -0.15) is 0 Å². The molecular weight excluding hydrogens is 316 g/mol. The molecule has 1 atom stereocenters. The van der Waals surface area contributed by atoms with Gasteiger partial charge in [0.25, 0.3) is 5.91 Å². The van der Waals surface area contributed by atoms with Gasteiger partial charge in [0.1, 0.15) is 5.69 Å². The van der Waals surface area contributed by atoms with Crippen LogP contribution >= 0.6 is 0 Å². The van der Waals surface area contributed by atoms with Gasteiger partial charge in [0.05, 0.1) is 11.9 Å². The Morgan fingerprint density at radius 2 is 2.08 bits per heavy atom. The summed E-state index contributed by atoms with van der Waals surface area (Å²) in [6.45, 7) is 1.46. The highest BCUT2D eigenvalue weighted by Crippen LogP contribution is 2.44. The van der Waals surface area contributed by atoms with Gasteiger partial charge < -0.3 is 9.80 Å². The second kappa shape index (κ2) is 6.06. The lowest BCUT2D eigenvalue weighted by atomic mass is 9.77. The zero-order valence-electron chi connectivity index (χ0n) is 14.6. The van der Waals surface area contributed by atoms with E-state index in [1.165, 1.54) is 5.56 Å². The summed E-state index contributed by atoms with van der Waals surface area (Å²) in [4.78, 5) is 34.1. The number of carbonyl (C=O) groups excluding carboxylic acids is 1. The number of carbonyl (C=O) groups is 1. The highest BCUT2D eigenvalue weighted by atomic mass is 16.2. The van der Waals surface area contributed by atoms with Crippen LogP contribution in [0.2, 0.25) is 0 Å². The average molecular weight is 338 g/mol. The molecule has 2 aliphatic rings. The van der Waals surface area contributed by atoms with Crippen LogP contribution in [-0.4, -0.2) is 57.9 Å². The van der Waals surface area contributed by atoms with E-state index in [0.29, 0.717) is 12.2 Å². The predicted octanol–water partition coefficient (Wildman–Crippen LogP) is 1.45. The first-order valence-electron chi connectivity index (χ1n) is 8.68. The molecule has 0 radical (unpaired) electrons. The first-order chi connectivity index (χ1) is 12.1. The molecule has 2 aromatic heterocycles. The van der Waals surface area contributed by atoms with Crippen molar-refractivity contribution in [1.29, 1.82) is 0 Å². The Balaban J connectivity index is 1.64. The van der Waals surface area contributed by atoms with E-state index < -0.39 is 0 Å². The normalized spacial score (nSPS) is 22.1. The molecule has 3 heterocycles. The van der Waals surface area contributed by atoms with E-state index in [2.05, 4.69) is 15.0 Å². The maximum atomic E-state index is 12.8. The third-order valence-electron chi connectivity index (χ3n) is 5.27. The van der Waals surface area contributed by atoms with Crippen LogP contribution in [0, 0.1) is 0 Å². The zero-order valence-corrected chi connectivity index (χ0v) is 14.6. The Labute approximate surface area is 147 Å². The van der Waals surface area contributed by atoms with Crippen molar-refractivity contribution in [2.24, 2.45) is 0 Å². The third kappa shape index (κ3) is 2.73. The van der Waals surface area contributed by atoms with Crippen molar-refractivity contribution in [1.82, 2.24) is 24.8 Å². The van der Waals surface area contributed by atoms with Gasteiger partial charge >= 0.3 is 0 Å². The number of rotatable bonds is 2. The largest absolute Gasteiger partial charge is 0.347 e. The number of likely N-dealkylation sites (tertiary alicyclic amines) is 1. The van der Waals surface area contributed by atoms with Crippen LogP contribution in [0.4, 0.5) is 5.95 Å². The molecule has 1 fully saturated rings. The predicted molar refractivity (Wildman–Crippen MR) is 93.5 cm³/mol. The maximum absolute atomic E-state index is 12.8. The van der Waals surface area contributed by atoms with Gasteiger partial charge in [0.2, 0.25) is 5.95 Å². The molecule has 1 aliphatic heterocycles. The topological polar surface area (TPSA) is 75.1 Å². The molecule has 0 saturated carbocycles. The second-order valence-electron chi connectivity index (χ2n) is 7.14. The van der Waals surface area contributed by atoms with Crippen molar-refractivity contribution in [2.75, 3.05) is 32.1 Å². The monoisotopic (exact) mass is 338 g/mol. The molecule has 4 rings (SSSR count). The smallest absolute Gasteiger partial charge is 0.274 e. The van der Waals surface area contributed by atoms with E-state index >= 15 is 0 Å². The summed E-state index contributed by atoms with van der Waals surface area (Å²) >= 11 is 0. The molecule has 1 amide bonds. The fourth-order valence-corrected chi connectivity index (χ4v) is 4.02. The zero-order chi connectivity index (χ0) is 17.4. The average Bonchev–Trinajstić information content (AvgIpc) is 2.99. The van der Waals surface area contributed by atoms with Gasteiger partial charge in [0, 0.05) is 51.2 Å². The van der Waals surface area contributed by atoms with E-state index in [1.54, 1.807) is 18.6 Å². The maximum Gasteiger partial charge on any atom is 0.274 e. The molecule has 7 nitrogen and oxygen atoms in total. The molecule has 25 heavy (non-hydrogen) atoms. The van der Waals surface area contributed by atoms with Crippen molar-refractivity contribution in [3.63, 3.8) is 0 Å². The van der Waals surface area contributed by atoms with Crippen molar-refractivity contribution < 1.29 is 4.79 Å². The lowest BCUT2D eigenvalue weighted by molar-refractivity contribution is 0.0627. The molecule has 1 aliphatic carbocycles. The Hall–Kier alpha value is -2.57. The number of amides is 1. The second-order valence-corrected chi connectivity index (χ2v) is 7.14. The van der Waals surface area contributed by atoms with Crippen LogP contribution < -0.4 is 4.90 Å². The first-order valence-corrected chi connectivity index (χ1v) is 8.68. The highest BCUT2D eigenvalue weighted by Gasteiger charge is 2.45. The van der Waals surface area contributed by atoms with E-state index in [1.807, 2.05) is 30.1 Å². The summed E-state index contributed by atoms with van der Waals surface area (Å²) in [7, 11) is 3.91. The Morgan fingerprint density at radius 3 is 2.84 bits per heavy atom. The van der Waals surface area contributed by atoms with Gasteiger partial charge in [-0.25, -0.2) is 15.0 Å². The number of fused-ring (bicyclic) bond motifs is 2. The lowest BCUT2D eigenvalue weighted by Crippen LogP contribution is -2.48. The number of anilines is 1. The molecule has 2 aromatic rings. The van der Waals surface area contributed by atoms with Crippen LogP contribution in [0.1, 0.15) is 41.0 Å². The van der Waals surface area contributed by atoms with Crippen LogP contribution in [0.25, 0.3) is 0 Å². The molecule has 1 unspecified atom stereocenters. The molecular formula is C18H22N6O. The van der Waals surface area contributed by atoms with Crippen molar-refractivity contribution >= 4 is 11.9 Å². The SMILES string of the molecule is CN(C)c1ncc2c(n1)C1(CCCN(C(=O)c3cnccn3)C1)CC2. The summed E-state index contributed by atoms with van der Waals surface area (Å²) in [5.41, 5.74) is 2.70. The molecule has 0 N–H and O–H groups in total. The van der Waals surface area contributed by atoms with Gasteiger partial charge in [-0.1, -0.05) is 0 Å². The molecule has 0 bridgehead atoms. The summed E-state index contributed by atoms with van der Waals surface area (Å²) in [5.74, 6) is 0.694. The third-order valence-corrected chi connectivity index (χ3v) is 5.27. The lowest BCUT2D eigenvalue weighted by Gasteiger charge is -2.40. The number of aromatic nitrogens is 4. The van der Waals surface area contributed by atoms with E-state index in [4.69, 9.17) is 4.98 Å². The number of hydrogen-bond donors (Lipinski definition) is 0. The standard InChI is InChI=1S/C18H22N6O/c1-23(2)17-21-10-13-4-6-18(15(13)22-17)5-3-9-24(12-18)16(25)14-11-19-7-8-20-14/h7-8,10-11H,3-6,9,12H2,1-2H3. The molecule has 1 spiro atoms. The Bertz CT molecular complexity index is 789. The fourth-order valence-electron chi connectivity index (χ4n) is 4.02. The van der Waals surface area contributed by atoms with Crippen LogP contribution in [-0.2, 0) is 11.8 Å². The van der Waals surface area contributed by atoms with E-state index in [0.717, 1.165) is 43.9 Å². The number of piperidine rings is 1. The highest BCUT2D eigenvalue weighted by molar-refractivity contribution is 5.92. The van der Waals surface area contributed by atoms with Crippen molar-refractivity contribution in [2.45, 2.75) is 31.1 Å². The quantitative estimate of drug-likeness (QED) is 0.825. The molecule has 0 aromatic carbocycles. The first kappa shape index (κ1) is 15.9. The van der Waals surface area contributed by atoms with Gasteiger partial charge in [0.15, 0.2) is 0 Å². The Morgan fingerprint density at radius 1 is 1.20 bits per heavy atom. The molecule has 1 saturated heterocycles. The van der Waals surface area contributed by atoms with Gasteiger partial charge in [-0.15, -0.1) is 0 Å². The number of aryl methyl sites for hydroxylation is 1. The minimum absolute atomic E-state index is 0.0393. The summed E-state index contributed by atoms with van der Waals surface area (Å²) in [6, 6.07) is 0. The Kier molecular flexibility index (Phi) is 3.86. The van der Waals surface area contributed by atoms with E-state index in [-0.39, 0.29) is 11.3 Å². The summed E-state index contributed by atoms with van der Waals surface area (Å²) in [5, 5.41) is 0. The molecule has 7 heteroatoms. The van der Waals surface area contributed by atoms with Crippen LogP contribution in [0.5, 0.6) is 0 Å².